The summed E-state index contributed by atoms with van der Waals surface area (Å²) in [4.78, 5) is 46.0. The predicted octanol–water partition coefficient (Wildman–Crippen LogP) is 0.563. The average molecular weight is 432 g/mol. The Morgan fingerprint density at radius 2 is 1.77 bits per heavy atom. The maximum absolute atomic E-state index is 13.9. The number of carbonyl (C=O) groups excluding carboxylic acids is 3. The number of fused-ring (bicyclic) bond motifs is 2. The van der Waals surface area contributed by atoms with Gasteiger partial charge in [0.25, 0.3) is 0 Å². The molecule has 2 saturated heterocycles. The zero-order valence-electron chi connectivity index (χ0n) is 18.9. The Morgan fingerprint density at radius 3 is 2.39 bits per heavy atom. The third-order valence-corrected chi connectivity index (χ3v) is 7.43. The van der Waals surface area contributed by atoms with Gasteiger partial charge in [0, 0.05) is 26.2 Å². The molecular formula is C23H33N3O5. The van der Waals surface area contributed by atoms with Crippen LogP contribution in [0.1, 0.15) is 34.1 Å². The average Bonchev–Trinajstić information content (AvgIpc) is 2.99. The molecule has 0 aromatic carbocycles. The molecule has 6 atom stereocenters. The lowest BCUT2D eigenvalue weighted by atomic mass is 9.74. The van der Waals surface area contributed by atoms with Gasteiger partial charge in [-0.25, -0.2) is 0 Å². The van der Waals surface area contributed by atoms with Gasteiger partial charge in [0.15, 0.2) is 0 Å². The van der Waals surface area contributed by atoms with E-state index in [-0.39, 0.29) is 30.4 Å². The number of hydrogen-bond donors (Lipinski definition) is 1. The second-order valence-corrected chi connectivity index (χ2v) is 9.60. The van der Waals surface area contributed by atoms with Gasteiger partial charge in [-0.2, -0.15) is 0 Å². The Morgan fingerprint density at radius 1 is 1.10 bits per heavy atom. The lowest BCUT2D eigenvalue weighted by molar-refractivity contribution is -0.156. The Balaban J connectivity index is 1.93. The van der Waals surface area contributed by atoms with E-state index in [0.717, 1.165) is 0 Å². The van der Waals surface area contributed by atoms with E-state index in [1.807, 2.05) is 52.0 Å². The van der Waals surface area contributed by atoms with Crippen LogP contribution in [0.3, 0.4) is 0 Å². The number of amides is 3. The predicted molar refractivity (Wildman–Crippen MR) is 114 cm³/mol. The highest BCUT2D eigenvalue weighted by atomic mass is 16.5. The van der Waals surface area contributed by atoms with Crippen LogP contribution in [0.4, 0.5) is 0 Å². The quantitative estimate of drug-likeness (QED) is 0.657. The van der Waals surface area contributed by atoms with Crippen molar-refractivity contribution in [3.63, 3.8) is 0 Å². The number of likely N-dealkylation sites (tertiary alicyclic amines) is 1. The zero-order chi connectivity index (χ0) is 22.7. The van der Waals surface area contributed by atoms with Crippen LogP contribution in [-0.4, -0.2) is 93.6 Å². The molecule has 0 aliphatic carbocycles. The van der Waals surface area contributed by atoms with Gasteiger partial charge in [0.1, 0.15) is 11.6 Å². The van der Waals surface area contributed by atoms with E-state index in [9.17, 15) is 19.5 Å². The molecule has 8 heteroatoms. The molecule has 2 fully saturated rings. The van der Waals surface area contributed by atoms with Crippen molar-refractivity contribution in [1.29, 1.82) is 0 Å². The topological polar surface area (TPSA) is 90.4 Å². The minimum absolute atomic E-state index is 0.0624. The first-order valence-corrected chi connectivity index (χ1v) is 11.2. The van der Waals surface area contributed by atoms with E-state index in [1.165, 1.54) is 4.90 Å². The largest absolute Gasteiger partial charge is 0.394 e. The number of carbonyl (C=O) groups is 3. The highest BCUT2D eigenvalue weighted by Crippen LogP contribution is 2.57. The highest BCUT2D eigenvalue weighted by Gasteiger charge is 2.75. The third-order valence-electron chi connectivity index (χ3n) is 7.43. The second kappa shape index (κ2) is 7.45. The summed E-state index contributed by atoms with van der Waals surface area (Å²) in [7, 11) is 1.72. The van der Waals surface area contributed by atoms with Crippen molar-refractivity contribution in [3.05, 3.63) is 24.3 Å². The standard InChI is InChI=1S/C23H33N3O5/c1-6-15(13-27)26-18-21(30)25(14(2)3)12-8-10-23(18)17(20(26)29)16-19(28)24(5)11-7-9-22(16,4)31-23/h7-10,14-18,27H,6,11-13H2,1-5H3/t15-,16+,17-,18?,22-,23-/m0/s1. The molecule has 1 spiro atoms. The molecule has 8 nitrogen and oxygen atoms in total. The molecule has 4 aliphatic rings. The fourth-order valence-corrected chi connectivity index (χ4v) is 5.87. The van der Waals surface area contributed by atoms with E-state index in [2.05, 4.69) is 0 Å². The Bertz CT molecular complexity index is 850. The van der Waals surface area contributed by atoms with E-state index >= 15 is 0 Å². The smallest absolute Gasteiger partial charge is 0.249 e. The van der Waals surface area contributed by atoms with Crippen molar-refractivity contribution >= 4 is 17.7 Å². The lowest BCUT2D eigenvalue weighted by Gasteiger charge is -2.40. The van der Waals surface area contributed by atoms with Crippen molar-refractivity contribution in [2.45, 2.75) is 63.4 Å². The number of aliphatic hydroxyl groups excluding tert-OH is 1. The van der Waals surface area contributed by atoms with E-state index in [0.29, 0.717) is 19.5 Å². The molecule has 4 rings (SSSR count). The third kappa shape index (κ3) is 2.91. The summed E-state index contributed by atoms with van der Waals surface area (Å²) in [6.45, 7) is 8.19. The van der Waals surface area contributed by atoms with Crippen LogP contribution in [-0.2, 0) is 19.1 Å². The molecule has 0 radical (unpaired) electrons. The summed E-state index contributed by atoms with van der Waals surface area (Å²) < 4.78 is 6.67. The molecule has 4 aliphatic heterocycles. The molecular weight excluding hydrogens is 398 g/mol. The summed E-state index contributed by atoms with van der Waals surface area (Å²) in [5.74, 6) is -2.22. The normalized spacial score (nSPS) is 38.4. The van der Waals surface area contributed by atoms with Gasteiger partial charge in [-0.05, 0) is 27.2 Å². The second-order valence-electron chi connectivity index (χ2n) is 9.60. The van der Waals surface area contributed by atoms with Crippen LogP contribution < -0.4 is 0 Å². The van der Waals surface area contributed by atoms with Gasteiger partial charge in [0.2, 0.25) is 17.7 Å². The maximum atomic E-state index is 13.9. The van der Waals surface area contributed by atoms with Gasteiger partial charge < -0.3 is 24.5 Å². The Hall–Kier alpha value is -2.19. The highest BCUT2D eigenvalue weighted by molar-refractivity contribution is 6.00. The van der Waals surface area contributed by atoms with Gasteiger partial charge in [-0.1, -0.05) is 31.2 Å². The molecule has 3 amide bonds. The number of hydrogen-bond acceptors (Lipinski definition) is 5. The van der Waals surface area contributed by atoms with Crippen LogP contribution in [0.5, 0.6) is 0 Å². The van der Waals surface area contributed by atoms with Crippen LogP contribution in [0, 0.1) is 11.8 Å². The zero-order valence-corrected chi connectivity index (χ0v) is 18.9. The van der Waals surface area contributed by atoms with Crippen molar-refractivity contribution in [2.24, 2.45) is 11.8 Å². The minimum atomic E-state index is -1.25. The maximum Gasteiger partial charge on any atom is 0.249 e. The van der Waals surface area contributed by atoms with E-state index in [4.69, 9.17) is 4.74 Å². The number of likely N-dealkylation sites (N-methyl/N-ethyl adjacent to an activating group) is 1. The SMILES string of the molecule is CC[C@@H](CO)N1C(=O)[C@@H]2[C@@H]3C(=O)N(C)CC=C[C@]3(C)O[C@@]23C=CCN(C(C)C)C(=O)C13. The summed E-state index contributed by atoms with van der Waals surface area (Å²) >= 11 is 0. The molecule has 170 valence electrons. The molecule has 0 bridgehead atoms. The van der Waals surface area contributed by atoms with Gasteiger partial charge >= 0.3 is 0 Å². The minimum Gasteiger partial charge on any atom is -0.394 e. The first-order valence-electron chi connectivity index (χ1n) is 11.2. The van der Waals surface area contributed by atoms with Gasteiger partial charge in [0.05, 0.1) is 30.1 Å². The van der Waals surface area contributed by atoms with E-state index in [1.54, 1.807) is 16.8 Å². The number of nitrogens with zero attached hydrogens (tertiary/aromatic N) is 3. The molecule has 0 aromatic rings. The van der Waals surface area contributed by atoms with Crippen LogP contribution in [0.25, 0.3) is 0 Å². The fraction of sp³-hybridized carbons (Fsp3) is 0.696. The summed E-state index contributed by atoms with van der Waals surface area (Å²) in [6, 6.07) is -1.50. The molecule has 4 heterocycles. The molecule has 1 unspecified atom stereocenters. The van der Waals surface area contributed by atoms with Gasteiger partial charge in [-0.3, -0.25) is 14.4 Å². The molecule has 1 N–H and O–H groups in total. The number of rotatable bonds is 4. The van der Waals surface area contributed by atoms with E-state index < -0.39 is 35.1 Å². The van der Waals surface area contributed by atoms with Crippen LogP contribution in [0.15, 0.2) is 24.3 Å². The molecule has 31 heavy (non-hydrogen) atoms. The van der Waals surface area contributed by atoms with Crippen molar-refractivity contribution in [3.8, 4) is 0 Å². The first-order chi connectivity index (χ1) is 14.6. The molecule has 0 saturated carbocycles. The van der Waals surface area contributed by atoms with Gasteiger partial charge in [-0.15, -0.1) is 0 Å². The summed E-state index contributed by atoms with van der Waals surface area (Å²) in [6.07, 6.45) is 7.97. The Kier molecular flexibility index (Phi) is 5.29. The van der Waals surface area contributed by atoms with Crippen LogP contribution in [0.2, 0.25) is 0 Å². The molecule has 0 aromatic heterocycles. The monoisotopic (exact) mass is 431 g/mol. The van der Waals surface area contributed by atoms with Crippen molar-refractivity contribution < 1.29 is 24.2 Å². The fourth-order valence-electron chi connectivity index (χ4n) is 5.87. The van der Waals surface area contributed by atoms with Crippen LogP contribution >= 0.6 is 0 Å². The van der Waals surface area contributed by atoms with Crippen molar-refractivity contribution in [1.82, 2.24) is 14.7 Å². The number of aliphatic hydroxyl groups is 1. The number of ether oxygens (including phenoxy) is 1. The first kappa shape index (κ1) is 22.0. The Labute approximate surface area is 183 Å². The lowest BCUT2D eigenvalue weighted by Crippen LogP contribution is -2.59. The van der Waals surface area contributed by atoms with Crippen molar-refractivity contribution in [2.75, 3.05) is 26.7 Å². The summed E-state index contributed by atoms with van der Waals surface area (Å²) in [5, 5.41) is 10.0. The summed E-state index contributed by atoms with van der Waals surface area (Å²) in [5.41, 5.74) is -2.25.